The molecule has 1 heterocycles. The van der Waals surface area contributed by atoms with E-state index >= 15 is 0 Å². The van der Waals surface area contributed by atoms with E-state index < -0.39 is 6.10 Å². The lowest BCUT2D eigenvalue weighted by Crippen LogP contribution is -2.17. The molecule has 1 rings (SSSR count). The van der Waals surface area contributed by atoms with E-state index in [4.69, 9.17) is 16.2 Å². The molecule has 1 aromatic heterocycles. The van der Waals surface area contributed by atoms with E-state index in [1.165, 1.54) is 11.8 Å². The second-order valence-corrected chi connectivity index (χ2v) is 4.46. The predicted octanol–water partition coefficient (Wildman–Crippen LogP) is -0.542. The third-order valence-corrected chi connectivity index (χ3v) is 3.36. The number of rotatable bonds is 5. The summed E-state index contributed by atoms with van der Waals surface area (Å²) < 4.78 is 1.63. The summed E-state index contributed by atoms with van der Waals surface area (Å²) in [6.07, 6.45) is -0.778. The Morgan fingerprint density at radius 1 is 1.69 bits per heavy atom. The number of aliphatic hydroxyl groups excluding tert-OH is 2. The molecule has 90 valence electrons. The van der Waals surface area contributed by atoms with Gasteiger partial charge in [-0.25, -0.2) is 0 Å². The highest BCUT2D eigenvalue weighted by molar-refractivity contribution is 7.99. The van der Waals surface area contributed by atoms with Crippen LogP contribution in [-0.2, 0) is 7.05 Å². The van der Waals surface area contributed by atoms with E-state index in [9.17, 15) is 5.11 Å². The Morgan fingerprint density at radius 3 is 2.81 bits per heavy atom. The number of hydrogen-bond acceptors (Lipinski definition) is 5. The molecule has 5 N–H and O–H groups in total. The first-order chi connectivity index (χ1) is 7.47. The van der Waals surface area contributed by atoms with Crippen LogP contribution in [0.2, 0.25) is 0 Å². The normalized spacial score (nSPS) is 12.8. The number of thioether (sulfide) groups is 1. The minimum Gasteiger partial charge on any atom is -0.394 e. The zero-order chi connectivity index (χ0) is 12.3. The van der Waals surface area contributed by atoms with Crippen LogP contribution in [0.3, 0.4) is 0 Å². The summed E-state index contributed by atoms with van der Waals surface area (Å²) in [5.41, 5.74) is 6.76. The first-order valence-corrected chi connectivity index (χ1v) is 5.75. The van der Waals surface area contributed by atoms with Crippen molar-refractivity contribution in [2.24, 2.45) is 12.8 Å². The minimum absolute atomic E-state index is 0.0356. The first-order valence-electron chi connectivity index (χ1n) is 4.77. The molecule has 0 aliphatic rings. The van der Waals surface area contributed by atoms with E-state index in [0.717, 1.165) is 5.03 Å². The molecular formula is C9H16N4O2S. The summed E-state index contributed by atoms with van der Waals surface area (Å²) in [5, 5.41) is 30.3. The van der Waals surface area contributed by atoms with Gasteiger partial charge < -0.3 is 15.9 Å². The molecule has 0 aromatic carbocycles. The molecule has 0 amide bonds. The fourth-order valence-electron chi connectivity index (χ4n) is 1.34. The third-order valence-electron chi connectivity index (χ3n) is 2.06. The summed E-state index contributed by atoms with van der Waals surface area (Å²) in [7, 11) is 1.76. The zero-order valence-corrected chi connectivity index (χ0v) is 10.1. The van der Waals surface area contributed by atoms with Gasteiger partial charge in [0.15, 0.2) is 0 Å². The van der Waals surface area contributed by atoms with Crippen molar-refractivity contribution in [2.75, 3.05) is 12.4 Å². The van der Waals surface area contributed by atoms with E-state index in [2.05, 4.69) is 5.10 Å². The molecule has 7 heteroatoms. The Kier molecular flexibility index (Phi) is 4.34. The first kappa shape index (κ1) is 13.0. The minimum atomic E-state index is -0.778. The lowest BCUT2D eigenvalue weighted by molar-refractivity contribution is 0.113. The van der Waals surface area contributed by atoms with Crippen LogP contribution in [0.15, 0.2) is 5.03 Å². The maximum absolute atomic E-state index is 9.26. The SMILES string of the molecule is Cc1nn(C)c(SCC(O)CO)c1C(=N)N. The number of aromatic nitrogens is 2. The van der Waals surface area contributed by atoms with Gasteiger partial charge in [0.2, 0.25) is 0 Å². The van der Waals surface area contributed by atoms with Gasteiger partial charge in [-0.05, 0) is 6.92 Å². The van der Waals surface area contributed by atoms with Crippen molar-refractivity contribution in [1.82, 2.24) is 9.78 Å². The summed E-state index contributed by atoms with van der Waals surface area (Å²) in [4.78, 5) is 0. The molecule has 0 radical (unpaired) electrons. The zero-order valence-electron chi connectivity index (χ0n) is 9.27. The average molecular weight is 244 g/mol. The quantitative estimate of drug-likeness (QED) is 0.316. The molecule has 1 unspecified atom stereocenters. The number of aliphatic hydroxyl groups is 2. The lowest BCUT2D eigenvalue weighted by Gasteiger charge is -2.08. The van der Waals surface area contributed by atoms with Gasteiger partial charge in [0.25, 0.3) is 0 Å². The van der Waals surface area contributed by atoms with Crippen molar-refractivity contribution in [2.45, 2.75) is 18.1 Å². The van der Waals surface area contributed by atoms with Crippen molar-refractivity contribution in [3.05, 3.63) is 11.3 Å². The van der Waals surface area contributed by atoms with Crippen molar-refractivity contribution in [3.63, 3.8) is 0 Å². The monoisotopic (exact) mass is 244 g/mol. The molecule has 6 nitrogen and oxygen atoms in total. The number of nitrogen functional groups attached to an aromatic ring is 1. The molecule has 1 atom stereocenters. The van der Waals surface area contributed by atoms with Gasteiger partial charge >= 0.3 is 0 Å². The fourth-order valence-corrected chi connectivity index (χ4v) is 2.43. The molecule has 16 heavy (non-hydrogen) atoms. The van der Waals surface area contributed by atoms with E-state index in [1.54, 1.807) is 18.7 Å². The maximum atomic E-state index is 9.26. The second-order valence-electron chi connectivity index (χ2n) is 3.45. The van der Waals surface area contributed by atoms with Crippen LogP contribution in [-0.4, -0.2) is 44.3 Å². The molecule has 0 aliphatic carbocycles. The van der Waals surface area contributed by atoms with Crippen LogP contribution in [0.5, 0.6) is 0 Å². The van der Waals surface area contributed by atoms with E-state index in [-0.39, 0.29) is 12.4 Å². The molecular weight excluding hydrogens is 228 g/mol. The molecule has 0 saturated heterocycles. The second kappa shape index (κ2) is 5.33. The van der Waals surface area contributed by atoms with Crippen LogP contribution in [0.4, 0.5) is 0 Å². The van der Waals surface area contributed by atoms with Crippen molar-refractivity contribution < 1.29 is 10.2 Å². The van der Waals surface area contributed by atoms with E-state index in [1.807, 2.05) is 0 Å². The highest BCUT2D eigenvalue weighted by Gasteiger charge is 2.17. The van der Waals surface area contributed by atoms with Crippen LogP contribution in [0, 0.1) is 12.3 Å². The Balaban J connectivity index is 2.90. The number of aryl methyl sites for hydroxylation is 2. The largest absolute Gasteiger partial charge is 0.394 e. The molecule has 0 saturated carbocycles. The third kappa shape index (κ3) is 2.75. The van der Waals surface area contributed by atoms with Gasteiger partial charge in [-0.2, -0.15) is 5.10 Å². The van der Waals surface area contributed by atoms with E-state index in [0.29, 0.717) is 17.0 Å². The van der Waals surface area contributed by atoms with Gasteiger partial charge in [-0.3, -0.25) is 10.1 Å². The lowest BCUT2D eigenvalue weighted by atomic mass is 10.2. The van der Waals surface area contributed by atoms with Crippen molar-refractivity contribution >= 4 is 17.6 Å². The maximum Gasteiger partial charge on any atom is 0.127 e. The number of nitrogens with zero attached hydrogens (tertiary/aromatic N) is 2. The predicted molar refractivity (Wildman–Crippen MR) is 62.8 cm³/mol. The highest BCUT2D eigenvalue weighted by atomic mass is 32.2. The Hall–Kier alpha value is -1.05. The molecule has 0 fully saturated rings. The van der Waals surface area contributed by atoms with Crippen LogP contribution in [0.25, 0.3) is 0 Å². The summed E-state index contributed by atoms with van der Waals surface area (Å²) in [6.45, 7) is 1.50. The molecule has 1 aromatic rings. The van der Waals surface area contributed by atoms with Gasteiger partial charge in [0.05, 0.1) is 24.0 Å². The Bertz CT molecular complexity index is 391. The number of nitrogens with one attached hydrogen (secondary N) is 1. The summed E-state index contributed by atoms with van der Waals surface area (Å²) >= 11 is 1.33. The smallest absolute Gasteiger partial charge is 0.127 e. The van der Waals surface area contributed by atoms with Crippen LogP contribution < -0.4 is 5.73 Å². The van der Waals surface area contributed by atoms with Crippen LogP contribution >= 0.6 is 11.8 Å². The van der Waals surface area contributed by atoms with Gasteiger partial charge in [0.1, 0.15) is 10.9 Å². The number of hydrogen-bond donors (Lipinski definition) is 4. The Labute approximate surface area is 98.0 Å². The van der Waals surface area contributed by atoms with Crippen molar-refractivity contribution in [3.8, 4) is 0 Å². The number of amidine groups is 1. The Morgan fingerprint density at radius 2 is 2.31 bits per heavy atom. The highest BCUT2D eigenvalue weighted by Crippen LogP contribution is 2.24. The van der Waals surface area contributed by atoms with Gasteiger partial charge in [-0.1, -0.05) is 0 Å². The van der Waals surface area contributed by atoms with Crippen molar-refractivity contribution in [1.29, 1.82) is 5.41 Å². The summed E-state index contributed by atoms with van der Waals surface area (Å²) in [6, 6.07) is 0. The molecule has 0 aliphatic heterocycles. The molecule has 0 spiro atoms. The van der Waals surface area contributed by atoms with Gasteiger partial charge in [0, 0.05) is 12.8 Å². The number of nitrogens with two attached hydrogens (primary N) is 1. The summed E-state index contributed by atoms with van der Waals surface area (Å²) in [5.74, 6) is 0.307. The standard InChI is InChI=1S/C9H16N4O2S/c1-5-7(8(10)11)9(13(2)12-5)16-4-6(15)3-14/h6,14-15H,3-4H2,1-2H3,(H3,10,11). The fraction of sp³-hybridized carbons (Fsp3) is 0.556. The molecule has 0 bridgehead atoms. The van der Waals surface area contributed by atoms with Gasteiger partial charge in [-0.15, -0.1) is 11.8 Å². The van der Waals surface area contributed by atoms with Crippen LogP contribution in [0.1, 0.15) is 11.3 Å². The average Bonchev–Trinajstić information content (AvgIpc) is 2.49. The topological polar surface area (TPSA) is 108 Å².